The van der Waals surface area contributed by atoms with E-state index >= 15 is 0 Å². The predicted molar refractivity (Wildman–Crippen MR) is 70.5 cm³/mol. The first-order valence-corrected chi connectivity index (χ1v) is 6.63. The highest BCUT2D eigenvalue weighted by Gasteiger charge is 2.22. The van der Waals surface area contributed by atoms with Crippen molar-refractivity contribution in [3.8, 4) is 0 Å². The molecule has 18 heavy (non-hydrogen) atoms. The zero-order chi connectivity index (χ0) is 13.1. The Hall–Kier alpha value is -1.36. The van der Waals surface area contributed by atoms with Crippen LogP contribution in [0.25, 0.3) is 0 Å². The van der Waals surface area contributed by atoms with Gasteiger partial charge in [0.05, 0.1) is 0 Å². The largest absolute Gasteiger partial charge is 0.347 e. The van der Waals surface area contributed by atoms with Gasteiger partial charge < -0.3 is 10.6 Å². The van der Waals surface area contributed by atoms with E-state index in [4.69, 9.17) is 0 Å². The molecular weight excluding hydrogens is 228 g/mol. The molecule has 2 N–H and O–H groups in total. The molecule has 0 aliphatic carbocycles. The van der Waals surface area contributed by atoms with Gasteiger partial charge in [0, 0.05) is 24.8 Å². The van der Waals surface area contributed by atoms with Crippen molar-refractivity contribution in [3.05, 3.63) is 17.5 Å². The molecule has 2 rings (SSSR count). The van der Waals surface area contributed by atoms with Crippen molar-refractivity contribution in [1.82, 2.24) is 20.4 Å². The second-order valence-electron chi connectivity index (χ2n) is 5.11. The highest BCUT2D eigenvalue weighted by atomic mass is 16.2. The second-order valence-corrected chi connectivity index (χ2v) is 5.11. The van der Waals surface area contributed by atoms with E-state index in [2.05, 4.69) is 22.7 Å². The van der Waals surface area contributed by atoms with E-state index in [1.165, 1.54) is 12.8 Å². The zero-order valence-corrected chi connectivity index (χ0v) is 11.4. The maximum absolute atomic E-state index is 12.0. The summed E-state index contributed by atoms with van der Waals surface area (Å²) >= 11 is 0. The van der Waals surface area contributed by atoms with Crippen molar-refractivity contribution in [2.75, 3.05) is 6.54 Å². The molecule has 2 heterocycles. The summed E-state index contributed by atoms with van der Waals surface area (Å²) in [4.78, 5) is 12.0. The Labute approximate surface area is 108 Å². The normalized spacial score (nSPS) is 21.6. The molecule has 0 bridgehead atoms. The van der Waals surface area contributed by atoms with E-state index in [-0.39, 0.29) is 11.9 Å². The minimum Gasteiger partial charge on any atom is -0.347 e. The lowest BCUT2D eigenvalue weighted by atomic mass is 9.99. The van der Waals surface area contributed by atoms with Gasteiger partial charge in [0.1, 0.15) is 5.69 Å². The molecule has 0 saturated carbocycles. The number of hydrogen-bond acceptors (Lipinski definition) is 3. The molecular formula is C13H22N4O. The van der Waals surface area contributed by atoms with E-state index in [1.807, 2.05) is 20.0 Å². The number of aryl methyl sites for hydroxylation is 2. The Kier molecular flexibility index (Phi) is 4.01. The van der Waals surface area contributed by atoms with Crippen LogP contribution in [0.4, 0.5) is 0 Å². The van der Waals surface area contributed by atoms with Gasteiger partial charge in [0.2, 0.25) is 0 Å². The first kappa shape index (κ1) is 13.1. The Morgan fingerprint density at radius 3 is 2.94 bits per heavy atom. The Morgan fingerprint density at radius 2 is 2.39 bits per heavy atom. The molecule has 2 unspecified atom stereocenters. The molecule has 1 aliphatic rings. The van der Waals surface area contributed by atoms with Gasteiger partial charge in [-0.2, -0.15) is 5.10 Å². The van der Waals surface area contributed by atoms with Gasteiger partial charge in [0.25, 0.3) is 5.91 Å². The third-order valence-electron chi connectivity index (χ3n) is 3.66. The van der Waals surface area contributed by atoms with Gasteiger partial charge in [-0.15, -0.1) is 0 Å². The fourth-order valence-corrected chi connectivity index (χ4v) is 2.36. The molecule has 0 radical (unpaired) electrons. The van der Waals surface area contributed by atoms with Crippen molar-refractivity contribution in [1.29, 1.82) is 0 Å². The second kappa shape index (κ2) is 5.52. The van der Waals surface area contributed by atoms with Crippen molar-refractivity contribution >= 4 is 5.91 Å². The molecule has 1 amide bonds. The Morgan fingerprint density at radius 1 is 1.61 bits per heavy atom. The average Bonchev–Trinajstić information content (AvgIpc) is 2.71. The molecule has 1 aromatic heterocycles. The Bertz CT molecular complexity index is 401. The third-order valence-corrected chi connectivity index (χ3v) is 3.66. The number of amides is 1. The number of carbonyl (C=O) groups is 1. The van der Waals surface area contributed by atoms with E-state index in [9.17, 15) is 4.79 Å². The van der Waals surface area contributed by atoms with Crippen molar-refractivity contribution in [2.24, 2.45) is 7.05 Å². The average molecular weight is 250 g/mol. The Balaban J connectivity index is 1.93. The summed E-state index contributed by atoms with van der Waals surface area (Å²) in [7, 11) is 1.85. The van der Waals surface area contributed by atoms with Crippen LogP contribution >= 0.6 is 0 Å². The highest BCUT2D eigenvalue weighted by molar-refractivity contribution is 5.92. The summed E-state index contributed by atoms with van der Waals surface area (Å²) in [6.07, 6.45) is 3.60. The van der Waals surface area contributed by atoms with E-state index in [0.717, 1.165) is 18.7 Å². The van der Waals surface area contributed by atoms with Gasteiger partial charge in [-0.25, -0.2) is 0 Å². The lowest BCUT2D eigenvalue weighted by Gasteiger charge is -2.29. The molecule has 1 aromatic rings. The number of rotatable bonds is 3. The minimum absolute atomic E-state index is 0.0847. The smallest absolute Gasteiger partial charge is 0.272 e. The maximum atomic E-state index is 12.0. The van der Waals surface area contributed by atoms with Crippen LogP contribution in [0.5, 0.6) is 0 Å². The first-order valence-electron chi connectivity index (χ1n) is 6.63. The van der Waals surface area contributed by atoms with E-state index in [1.54, 1.807) is 4.68 Å². The standard InChI is InChI=1S/C13H22N4O/c1-9-8-12(16-17(9)3)13(18)15-10(2)11-6-4-5-7-14-11/h8,10-11,14H,4-7H2,1-3H3,(H,15,18). The van der Waals surface area contributed by atoms with Crippen molar-refractivity contribution < 1.29 is 4.79 Å². The maximum Gasteiger partial charge on any atom is 0.272 e. The SMILES string of the molecule is Cc1cc(C(=O)NC(C)C2CCCCN2)nn1C. The van der Waals surface area contributed by atoms with Gasteiger partial charge in [-0.1, -0.05) is 6.42 Å². The summed E-state index contributed by atoms with van der Waals surface area (Å²) in [5.74, 6) is -0.0847. The van der Waals surface area contributed by atoms with Gasteiger partial charge in [-0.3, -0.25) is 9.48 Å². The van der Waals surface area contributed by atoms with Crippen LogP contribution in [0, 0.1) is 6.92 Å². The quantitative estimate of drug-likeness (QED) is 0.841. The number of carbonyl (C=O) groups excluding carboxylic acids is 1. The first-order chi connectivity index (χ1) is 8.58. The van der Waals surface area contributed by atoms with Crippen LogP contribution in [0.3, 0.4) is 0 Å². The fourth-order valence-electron chi connectivity index (χ4n) is 2.36. The molecule has 5 nitrogen and oxygen atoms in total. The van der Waals surface area contributed by atoms with Crippen LogP contribution < -0.4 is 10.6 Å². The van der Waals surface area contributed by atoms with Crippen molar-refractivity contribution in [2.45, 2.75) is 45.2 Å². The number of hydrogen-bond donors (Lipinski definition) is 2. The summed E-state index contributed by atoms with van der Waals surface area (Å²) in [5, 5.41) is 10.7. The third kappa shape index (κ3) is 2.90. The molecule has 1 aliphatic heterocycles. The van der Waals surface area contributed by atoms with Crippen LogP contribution in [0.2, 0.25) is 0 Å². The molecule has 1 saturated heterocycles. The summed E-state index contributed by atoms with van der Waals surface area (Å²) < 4.78 is 1.72. The number of piperidine rings is 1. The fraction of sp³-hybridized carbons (Fsp3) is 0.692. The summed E-state index contributed by atoms with van der Waals surface area (Å²) in [6, 6.07) is 2.34. The van der Waals surface area contributed by atoms with Gasteiger partial charge in [-0.05, 0) is 39.3 Å². The highest BCUT2D eigenvalue weighted by Crippen LogP contribution is 2.11. The molecule has 0 spiro atoms. The molecule has 5 heteroatoms. The van der Waals surface area contributed by atoms with Crippen molar-refractivity contribution in [3.63, 3.8) is 0 Å². The van der Waals surface area contributed by atoms with Crippen LogP contribution in [-0.2, 0) is 7.05 Å². The summed E-state index contributed by atoms with van der Waals surface area (Å²) in [5.41, 5.74) is 1.49. The number of nitrogens with zero attached hydrogens (tertiary/aromatic N) is 2. The number of aromatic nitrogens is 2. The van der Waals surface area contributed by atoms with Gasteiger partial charge in [0.15, 0.2) is 0 Å². The molecule has 1 fully saturated rings. The van der Waals surface area contributed by atoms with Crippen LogP contribution in [-0.4, -0.2) is 34.3 Å². The monoisotopic (exact) mass is 250 g/mol. The zero-order valence-electron chi connectivity index (χ0n) is 11.4. The van der Waals surface area contributed by atoms with E-state index < -0.39 is 0 Å². The van der Waals surface area contributed by atoms with Crippen LogP contribution in [0.15, 0.2) is 6.07 Å². The van der Waals surface area contributed by atoms with E-state index in [0.29, 0.717) is 11.7 Å². The lowest BCUT2D eigenvalue weighted by Crippen LogP contribution is -2.50. The summed E-state index contributed by atoms with van der Waals surface area (Å²) in [6.45, 7) is 5.04. The van der Waals surface area contributed by atoms with Gasteiger partial charge >= 0.3 is 0 Å². The molecule has 0 aromatic carbocycles. The predicted octanol–water partition coefficient (Wildman–Crippen LogP) is 0.989. The number of nitrogens with one attached hydrogen (secondary N) is 2. The minimum atomic E-state index is -0.0847. The molecule has 2 atom stereocenters. The van der Waals surface area contributed by atoms with Crippen LogP contribution in [0.1, 0.15) is 42.4 Å². The topological polar surface area (TPSA) is 59.0 Å². The molecule has 100 valence electrons. The lowest BCUT2D eigenvalue weighted by molar-refractivity contribution is 0.0922.